The summed E-state index contributed by atoms with van der Waals surface area (Å²) < 4.78 is 27.0. The van der Waals surface area contributed by atoms with Gasteiger partial charge < -0.3 is 5.32 Å². The highest BCUT2D eigenvalue weighted by Crippen LogP contribution is 2.27. The van der Waals surface area contributed by atoms with E-state index in [2.05, 4.69) is 21.2 Å². The zero-order chi connectivity index (χ0) is 13.3. The van der Waals surface area contributed by atoms with E-state index in [1.807, 2.05) is 6.92 Å². The van der Waals surface area contributed by atoms with Crippen molar-refractivity contribution in [2.45, 2.75) is 17.9 Å². The van der Waals surface area contributed by atoms with Crippen LogP contribution in [-0.4, -0.2) is 38.4 Å². The third kappa shape index (κ3) is 2.88. The van der Waals surface area contributed by atoms with Gasteiger partial charge >= 0.3 is 0 Å². The Bertz CT molecular complexity index is 550. The number of nitrogens with one attached hydrogen (secondary N) is 1. The van der Waals surface area contributed by atoms with E-state index < -0.39 is 10.0 Å². The fourth-order valence-electron chi connectivity index (χ4n) is 1.90. The van der Waals surface area contributed by atoms with Crippen LogP contribution in [0.2, 0.25) is 5.02 Å². The molecule has 100 valence electrons. The van der Waals surface area contributed by atoms with Gasteiger partial charge in [0.15, 0.2) is 0 Å². The largest absolute Gasteiger partial charge is 0.312 e. The molecule has 1 N–H and O–H groups in total. The minimum Gasteiger partial charge on any atom is -0.312 e. The van der Waals surface area contributed by atoms with Gasteiger partial charge in [-0.15, -0.1) is 0 Å². The molecular weight excluding hydrogens is 340 g/mol. The molecule has 1 aromatic carbocycles. The molecule has 0 radical (unpaired) electrons. The van der Waals surface area contributed by atoms with Crippen LogP contribution >= 0.6 is 27.5 Å². The molecule has 1 saturated heterocycles. The first-order chi connectivity index (χ1) is 8.41. The molecule has 7 heteroatoms. The molecule has 4 nitrogen and oxygen atoms in total. The quantitative estimate of drug-likeness (QED) is 0.885. The predicted molar refractivity (Wildman–Crippen MR) is 75.4 cm³/mol. The number of sulfonamides is 1. The maximum absolute atomic E-state index is 12.4. The van der Waals surface area contributed by atoms with Crippen molar-refractivity contribution >= 4 is 37.6 Å². The molecule has 1 fully saturated rings. The fraction of sp³-hybridized carbons (Fsp3) is 0.455. The van der Waals surface area contributed by atoms with Crippen molar-refractivity contribution in [2.24, 2.45) is 0 Å². The molecule has 1 aliphatic rings. The van der Waals surface area contributed by atoms with E-state index in [-0.39, 0.29) is 10.9 Å². The standard InChI is InChI=1S/C11H14BrClN2O2S/c1-8-7-15(5-4-14-8)18(16,17)9-2-3-11(13)10(12)6-9/h2-3,6,8,14H,4-5,7H2,1H3/t8-/m0/s1. The Kier molecular flexibility index (Phi) is 4.33. The van der Waals surface area contributed by atoms with E-state index >= 15 is 0 Å². The SMILES string of the molecule is C[C@H]1CN(S(=O)(=O)c2ccc(Cl)c(Br)c2)CCN1. The molecule has 0 aliphatic carbocycles. The minimum absolute atomic E-state index is 0.171. The van der Waals surface area contributed by atoms with Crippen LogP contribution in [0.5, 0.6) is 0 Å². The molecule has 0 amide bonds. The minimum atomic E-state index is -3.43. The Labute approximate surface area is 120 Å². The second kappa shape index (κ2) is 5.46. The number of hydrogen-bond donors (Lipinski definition) is 1. The number of nitrogens with zero attached hydrogens (tertiary/aromatic N) is 1. The lowest BCUT2D eigenvalue weighted by Crippen LogP contribution is -2.51. The lowest BCUT2D eigenvalue weighted by atomic mass is 10.3. The predicted octanol–water partition coefficient (Wildman–Crippen LogP) is 2.08. The first-order valence-electron chi connectivity index (χ1n) is 5.60. The van der Waals surface area contributed by atoms with Gasteiger partial charge in [0.2, 0.25) is 10.0 Å². The average Bonchev–Trinajstić information content (AvgIpc) is 2.32. The third-order valence-corrected chi connectivity index (χ3v) is 5.94. The van der Waals surface area contributed by atoms with Gasteiger partial charge in [-0.25, -0.2) is 8.42 Å². The summed E-state index contributed by atoms with van der Waals surface area (Å²) in [6.45, 7) is 3.63. The van der Waals surface area contributed by atoms with Crippen molar-refractivity contribution in [3.05, 3.63) is 27.7 Å². The normalized spacial score (nSPS) is 22.1. The Morgan fingerprint density at radius 2 is 2.22 bits per heavy atom. The fourth-order valence-corrected chi connectivity index (χ4v) is 4.11. The summed E-state index contributed by atoms with van der Waals surface area (Å²) in [5.74, 6) is 0. The van der Waals surface area contributed by atoms with Gasteiger partial charge in [0.05, 0.1) is 9.92 Å². The van der Waals surface area contributed by atoms with Gasteiger partial charge in [-0.05, 0) is 41.1 Å². The molecule has 0 unspecified atom stereocenters. The van der Waals surface area contributed by atoms with Gasteiger partial charge in [-0.2, -0.15) is 4.31 Å². The highest BCUT2D eigenvalue weighted by molar-refractivity contribution is 9.10. The molecule has 1 atom stereocenters. The molecule has 2 rings (SSSR count). The van der Waals surface area contributed by atoms with Crippen molar-refractivity contribution in [2.75, 3.05) is 19.6 Å². The van der Waals surface area contributed by atoms with Crippen LogP contribution in [0.15, 0.2) is 27.6 Å². The van der Waals surface area contributed by atoms with Crippen LogP contribution in [0.1, 0.15) is 6.92 Å². The molecule has 0 bridgehead atoms. The Balaban J connectivity index is 2.32. The molecule has 1 aromatic rings. The summed E-state index contributed by atoms with van der Waals surface area (Å²) in [6.07, 6.45) is 0. The van der Waals surface area contributed by atoms with Crippen LogP contribution in [0.3, 0.4) is 0 Å². The highest BCUT2D eigenvalue weighted by Gasteiger charge is 2.28. The average molecular weight is 354 g/mol. The number of benzene rings is 1. The molecule has 0 spiro atoms. The molecular formula is C11H14BrClN2O2S. The summed E-state index contributed by atoms with van der Waals surface area (Å²) >= 11 is 9.12. The Hall–Kier alpha value is -0.140. The molecule has 0 aromatic heterocycles. The third-order valence-electron chi connectivity index (χ3n) is 2.86. The monoisotopic (exact) mass is 352 g/mol. The molecule has 18 heavy (non-hydrogen) atoms. The van der Waals surface area contributed by atoms with E-state index in [4.69, 9.17) is 11.6 Å². The van der Waals surface area contributed by atoms with Gasteiger partial charge in [-0.1, -0.05) is 11.6 Å². The number of rotatable bonds is 2. The molecule has 1 aliphatic heterocycles. The number of halogens is 2. The van der Waals surface area contributed by atoms with Crippen molar-refractivity contribution < 1.29 is 8.42 Å². The van der Waals surface area contributed by atoms with Gasteiger partial charge in [0.25, 0.3) is 0 Å². The van der Waals surface area contributed by atoms with Crippen LogP contribution in [0, 0.1) is 0 Å². The summed E-state index contributed by atoms with van der Waals surface area (Å²) in [7, 11) is -3.43. The second-order valence-corrected chi connectivity index (χ2v) is 7.49. The van der Waals surface area contributed by atoms with Gasteiger partial charge in [0.1, 0.15) is 0 Å². The van der Waals surface area contributed by atoms with E-state index in [1.54, 1.807) is 12.1 Å². The molecule has 1 heterocycles. The van der Waals surface area contributed by atoms with E-state index in [9.17, 15) is 8.42 Å². The maximum Gasteiger partial charge on any atom is 0.243 e. The first-order valence-corrected chi connectivity index (χ1v) is 8.21. The van der Waals surface area contributed by atoms with Crippen molar-refractivity contribution in [1.29, 1.82) is 0 Å². The maximum atomic E-state index is 12.4. The van der Waals surface area contributed by atoms with E-state index in [0.717, 1.165) is 0 Å². The van der Waals surface area contributed by atoms with E-state index in [1.165, 1.54) is 10.4 Å². The number of piperazine rings is 1. The summed E-state index contributed by atoms with van der Waals surface area (Å²) in [5.41, 5.74) is 0. The number of hydrogen-bond acceptors (Lipinski definition) is 3. The zero-order valence-electron chi connectivity index (χ0n) is 9.86. The summed E-state index contributed by atoms with van der Waals surface area (Å²) in [4.78, 5) is 0.271. The first kappa shape index (κ1) is 14.3. The van der Waals surface area contributed by atoms with Gasteiger partial charge in [-0.3, -0.25) is 0 Å². The highest BCUT2D eigenvalue weighted by atomic mass is 79.9. The van der Waals surface area contributed by atoms with Crippen LogP contribution in [0.25, 0.3) is 0 Å². The smallest absolute Gasteiger partial charge is 0.243 e. The summed E-state index contributed by atoms with van der Waals surface area (Å²) in [6, 6.07) is 4.84. The van der Waals surface area contributed by atoms with Crippen molar-refractivity contribution in [3.63, 3.8) is 0 Å². The van der Waals surface area contributed by atoms with Crippen LogP contribution < -0.4 is 5.32 Å². The van der Waals surface area contributed by atoms with Crippen molar-refractivity contribution in [3.8, 4) is 0 Å². The lowest BCUT2D eigenvalue weighted by molar-refractivity contribution is 0.310. The van der Waals surface area contributed by atoms with Gasteiger partial charge in [0, 0.05) is 30.1 Å². The van der Waals surface area contributed by atoms with Crippen molar-refractivity contribution in [1.82, 2.24) is 9.62 Å². The van der Waals surface area contributed by atoms with Crippen LogP contribution in [0.4, 0.5) is 0 Å². The molecule has 0 saturated carbocycles. The Morgan fingerprint density at radius 3 is 2.83 bits per heavy atom. The topological polar surface area (TPSA) is 49.4 Å². The Morgan fingerprint density at radius 1 is 1.50 bits per heavy atom. The summed E-state index contributed by atoms with van der Waals surface area (Å²) in [5, 5.41) is 3.72. The van der Waals surface area contributed by atoms with E-state index in [0.29, 0.717) is 29.1 Å². The lowest BCUT2D eigenvalue weighted by Gasteiger charge is -2.31. The van der Waals surface area contributed by atoms with Crippen LogP contribution in [-0.2, 0) is 10.0 Å². The second-order valence-electron chi connectivity index (χ2n) is 4.29. The zero-order valence-corrected chi connectivity index (χ0v) is 13.0.